The lowest BCUT2D eigenvalue weighted by Crippen LogP contribution is -2.19. The molecular formula is C20H24N4O2S. The largest absolute Gasteiger partial charge is 0.326 e. The molecule has 0 spiro atoms. The van der Waals surface area contributed by atoms with Crippen LogP contribution >= 0.6 is 11.8 Å². The van der Waals surface area contributed by atoms with E-state index in [1.54, 1.807) is 6.07 Å². The van der Waals surface area contributed by atoms with E-state index in [1.807, 2.05) is 19.1 Å². The van der Waals surface area contributed by atoms with E-state index in [0.717, 1.165) is 35.1 Å². The van der Waals surface area contributed by atoms with Crippen LogP contribution < -0.4 is 5.32 Å². The lowest BCUT2D eigenvalue weighted by molar-refractivity contribution is -0.116. The van der Waals surface area contributed by atoms with Gasteiger partial charge in [0.1, 0.15) is 5.82 Å². The molecule has 142 valence electrons. The van der Waals surface area contributed by atoms with Crippen molar-refractivity contribution in [2.45, 2.75) is 63.1 Å². The highest BCUT2D eigenvalue weighted by atomic mass is 32.2. The average molecular weight is 385 g/mol. The molecule has 0 atom stereocenters. The van der Waals surface area contributed by atoms with Crippen LogP contribution in [-0.2, 0) is 11.2 Å². The molecule has 1 aliphatic carbocycles. The average Bonchev–Trinajstić information content (AvgIpc) is 3.06. The second kappa shape index (κ2) is 7.84. The fourth-order valence-corrected chi connectivity index (χ4v) is 4.92. The minimum atomic E-state index is 0.0366. The van der Waals surface area contributed by atoms with Crippen molar-refractivity contribution in [1.29, 1.82) is 0 Å². The molecule has 27 heavy (non-hydrogen) atoms. The molecule has 2 aromatic rings. The number of anilines is 1. The van der Waals surface area contributed by atoms with Gasteiger partial charge in [-0.15, -0.1) is 10.2 Å². The molecule has 1 aromatic heterocycles. The summed E-state index contributed by atoms with van der Waals surface area (Å²) in [5, 5.41) is 12.3. The Balaban J connectivity index is 1.45. The van der Waals surface area contributed by atoms with Crippen LogP contribution in [0.4, 0.5) is 5.69 Å². The van der Waals surface area contributed by atoms with E-state index in [4.69, 9.17) is 0 Å². The van der Waals surface area contributed by atoms with Gasteiger partial charge in [0, 0.05) is 23.7 Å². The highest BCUT2D eigenvalue weighted by Crippen LogP contribution is 2.32. The van der Waals surface area contributed by atoms with Gasteiger partial charge in [-0.1, -0.05) is 31.0 Å². The number of ketones is 1. The van der Waals surface area contributed by atoms with Crippen LogP contribution in [-0.4, -0.2) is 32.2 Å². The number of benzene rings is 1. The molecular weight excluding hydrogens is 360 g/mol. The maximum absolute atomic E-state index is 12.7. The standard InChI is InChI=1S/C20H24N4O2S/c1-13-22-23-20(24(13)16-5-3-2-4-6-16)27-12-18(25)15-7-9-17-14(11-15)8-10-19(26)21-17/h7,9,11,16H,2-6,8,10,12H2,1H3,(H,21,26). The lowest BCUT2D eigenvalue weighted by atomic mass is 9.95. The van der Waals surface area contributed by atoms with Crippen molar-refractivity contribution in [1.82, 2.24) is 14.8 Å². The molecule has 2 aliphatic rings. The maximum atomic E-state index is 12.7. The van der Waals surface area contributed by atoms with Crippen molar-refractivity contribution < 1.29 is 9.59 Å². The number of hydrogen-bond donors (Lipinski definition) is 1. The minimum absolute atomic E-state index is 0.0366. The van der Waals surface area contributed by atoms with Gasteiger partial charge in [0.2, 0.25) is 5.91 Å². The summed E-state index contributed by atoms with van der Waals surface area (Å²) in [4.78, 5) is 24.2. The van der Waals surface area contributed by atoms with Gasteiger partial charge >= 0.3 is 0 Å². The Kier molecular flexibility index (Phi) is 5.29. The summed E-state index contributed by atoms with van der Waals surface area (Å²) in [7, 11) is 0. The molecule has 7 heteroatoms. The Morgan fingerprint density at radius 1 is 1.22 bits per heavy atom. The van der Waals surface area contributed by atoms with Crippen molar-refractivity contribution in [3.8, 4) is 0 Å². The zero-order chi connectivity index (χ0) is 18.8. The van der Waals surface area contributed by atoms with Crippen molar-refractivity contribution >= 4 is 29.1 Å². The fraction of sp³-hybridized carbons (Fsp3) is 0.500. The molecule has 1 amide bonds. The van der Waals surface area contributed by atoms with Crippen molar-refractivity contribution in [3.05, 3.63) is 35.2 Å². The van der Waals surface area contributed by atoms with E-state index in [9.17, 15) is 9.59 Å². The van der Waals surface area contributed by atoms with Crippen molar-refractivity contribution in [2.24, 2.45) is 0 Å². The molecule has 0 radical (unpaired) electrons. The fourth-order valence-electron chi connectivity index (χ4n) is 3.98. The first kappa shape index (κ1) is 18.2. The first-order chi connectivity index (χ1) is 13.1. The topological polar surface area (TPSA) is 76.9 Å². The SMILES string of the molecule is Cc1nnc(SCC(=O)c2ccc3c(c2)CCC(=O)N3)n1C1CCCCC1. The maximum Gasteiger partial charge on any atom is 0.224 e. The Labute approximate surface area is 163 Å². The van der Waals surface area contributed by atoms with E-state index in [1.165, 1.54) is 31.0 Å². The summed E-state index contributed by atoms with van der Waals surface area (Å²) in [5.74, 6) is 1.39. The van der Waals surface area contributed by atoms with Gasteiger partial charge in [0.15, 0.2) is 10.9 Å². The predicted molar refractivity (Wildman–Crippen MR) is 105 cm³/mol. The highest BCUT2D eigenvalue weighted by Gasteiger charge is 2.22. The molecule has 6 nitrogen and oxygen atoms in total. The number of fused-ring (bicyclic) bond motifs is 1. The Morgan fingerprint density at radius 3 is 2.85 bits per heavy atom. The number of rotatable bonds is 5. The van der Waals surface area contributed by atoms with Crippen LogP contribution in [0.15, 0.2) is 23.4 Å². The highest BCUT2D eigenvalue weighted by molar-refractivity contribution is 7.99. The second-order valence-corrected chi connectivity index (χ2v) is 8.27. The summed E-state index contributed by atoms with van der Waals surface area (Å²) in [6, 6.07) is 6.00. The zero-order valence-electron chi connectivity index (χ0n) is 15.5. The van der Waals surface area contributed by atoms with Crippen molar-refractivity contribution in [2.75, 3.05) is 11.1 Å². The molecule has 0 unspecified atom stereocenters. The summed E-state index contributed by atoms with van der Waals surface area (Å²) >= 11 is 1.47. The molecule has 4 rings (SSSR count). The first-order valence-electron chi connectivity index (χ1n) is 9.62. The van der Waals surface area contributed by atoms with Gasteiger partial charge in [0.25, 0.3) is 0 Å². The number of carbonyl (C=O) groups is 2. The number of nitrogens with one attached hydrogen (secondary N) is 1. The summed E-state index contributed by atoms with van der Waals surface area (Å²) in [5.41, 5.74) is 2.55. The summed E-state index contributed by atoms with van der Waals surface area (Å²) in [6.45, 7) is 1.99. The van der Waals surface area contributed by atoms with Gasteiger partial charge < -0.3 is 9.88 Å². The number of amides is 1. The van der Waals surface area contributed by atoms with E-state index < -0.39 is 0 Å². The molecule has 1 saturated carbocycles. The lowest BCUT2D eigenvalue weighted by Gasteiger charge is -2.24. The van der Waals surface area contributed by atoms with Gasteiger partial charge in [-0.05, 0) is 49.9 Å². The number of Topliss-reactive ketones (excluding diaryl/α,β-unsaturated/α-hetero) is 1. The predicted octanol–water partition coefficient (Wildman–Crippen LogP) is 3.95. The number of aromatic nitrogens is 3. The molecule has 0 saturated heterocycles. The van der Waals surface area contributed by atoms with E-state index >= 15 is 0 Å². The van der Waals surface area contributed by atoms with E-state index in [0.29, 0.717) is 30.2 Å². The third-order valence-corrected chi connectivity index (χ3v) is 6.37. The van der Waals surface area contributed by atoms with Crippen LogP contribution in [0.2, 0.25) is 0 Å². The number of hydrogen-bond acceptors (Lipinski definition) is 5. The van der Waals surface area contributed by atoms with Crippen LogP contribution in [0.5, 0.6) is 0 Å². The molecule has 1 aliphatic heterocycles. The van der Waals surface area contributed by atoms with Crippen LogP contribution in [0.25, 0.3) is 0 Å². The Bertz CT molecular complexity index is 871. The number of nitrogens with zero attached hydrogens (tertiary/aromatic N) is 3. The summed E-state index contributed by atoms with van der Waals surface area (Å²) in [6.07, 6.45) is 7.28. The smallest absolute Gasteiger partial charge is 0.224 e. The normalized spacial score (nSPS) is 17.4. The number of thioether (sulfide) groups is 1. The van der Waals surface area contributed by atoms with E-state index in [-0.39, 0.29) is 11.7 Å². The first-order valence-corrected chi connectivity index (χ1v) is 10.6. The number of aryl methyl sites for hydroxylation is 2. The van der Waals surface area contributed by atoms with Gasteiger partial charge in [0.05, 0.1) is 5.75 Å². The van der Waals surface area contributed by atoms with Gasteiger partial charge in [-0.25, -0.2) is 0 Å². The molecule has 1 aromatic carbocycles. The van der Waals surface area contributed by atoms with Gasteiger partial charge in [-0.3, -0.25) is 9.59 Å². The Morgan fingerprint density at radius 2 is 2.04 bits per heavy atom. The van der Waals surface area contributed by atoms with Crippen molar-refractivity contribution in [3.63, 3.8) is 0 Å². The monoisotopic (exact) mass is 384 g/mol. The number of carbonyl (C=O) groups excluding carboxylic acids is 2. The quantitative estimate of drug-likeness (QED) is 0.624. The third kappa shape index (κ3) is 3.93. The van der Waals surface area contributed by atoms with Crippen LogP contribution in [0.3, 0.4) is 0 Å². The van der Waals surface area contributed by atoms with E-state index in [2.05, 4.69) is 20.1 Å². The summed E-state index contributed by atoms with van der Waals surface area (Å²) < 4.78 is 2.22. The molecule has 0 bridgehead atoms. The minimum Gasteiger partial charge on any atom is -0.326 e. The third-order valence-electron chi connectivity index (χ3n) is 5.43. The molecule has 1 N–H and O–H groups in total. The van der Waals surface area contributed by atoms with Crippen LogP contribution in [0, 0.1) is 6.92 Å². The zero-order valence-corrected chi connectivity index (χ0v) is 16.3. The van der Waals surface area contributed by atoms with Crippen LogP contribution in [0.1, 0.15) is 66.3 Å². The second-order valence-electron chi connectivity index (χ2n) is 7.32. The molecule has 1 fully saturated rings. The van der Waals surface area contributed by atoms with Gasteiger partial charge in [-0.2, -0.15) is 0 Å². The Hall–Kier alpha value is -2.15. The molecule has 2 heterocycles.